The van der Waals surface area contributed by atoms with Crippen molar-refractivity contribution < 1.29 is 9.59 Å². The van der Waals surface area contributed by atoms with E-state index in [0.29, 0.717) is 0 Å². The van der Waals surface area contributed by atoms with Crippen LogP contribution >= 0.6 is 0 Å². The number of hydrogen-bond acceptors (Lipinski definition) is 3. The van der Waals surface area contributed by atoms with E-state index in [-0.39, 0.29) is 18.4 Å². The Balaban J connectivity index is 2.27. The van der Waals surface area contributed by atoms with Crippen molar-refractivity contribution in [3.63, 3.8) is 0 Å². The molecule has 0 bridgehead atoms. The summed E-state index contributed by atoms with van der Waals surface area (Å²) in [6.07, 6.45) is 0. The van der Waals surface area contributed by atoms with Gasteiger partial charge in [-0.05, 0) is 14.0 Å². The van der Waals surface area contributed by atoms with E-state index in [0.717, 1.165) is 26.2 Å². The first-order chi connectivity index (χ1) is 6.59. The molecule has 5 heteroatoms. The van der Waals surface area contributed by atoms with Crippen LogP contribution in [0.25, 0.3) is 0 Å². The zero-order chi connectivity index (χ0) is 10.6. The number of nitrogens with zero attached hydrogens (tertiary/aromatic N) is 2. The number of piperazine rings is 1. The van der Waals surface area contributed by atoms with Gasteiger partial charge < -0.3 is 15.1 Å². The van der Waals surface area contributed by atoms with E-state index < -0.39 is 0 Å². The molecule has 80 valence electrons. The van der Waals surface area contributed by atoms with Gasteiger partial charge in [0, 0.05) is 26.2 Å². The maximum Gasteiger partial charge on any atom is 0.317 e. The molecule has 1 fully saturated rings. The van der Waals surface area contributed by atoms with E-state index in [1.165, 1.54) is 6.92 Å². The number of nitrogens with one attached hydrogen (secondary N) is 1. The molecule has 2 amide bonds. The first-order valence-corrected chi connectivity index (χ1v) is 4.80. The second kappa shape index (κ2) is 4.95. The summed E-state index contributed by atoms with van der Waals surface area (Å²) in [7, 11) is 2.03. The zero-order valence-electron chi connectivity index (χ0n) is 8.75. The molecule has 1 aliphatic heterocycles. The van der Waals surface area contributed by atoms with Gasteiger partial charge in [-0.1, -0.05) is 0 Å². The Morgan fingerprint density at radius 3 is 2.29 bits per heavy atom. The van der Waals surface area contributed by atoms with Crippen LogP contribution in [0.1, 0.15) is 6.92 Å². The van der Waals surface area contributed by atoms with Crippen LogP contribution in [0.15, 0.2) is 0 Å². The van der Waals surface area contributed by atoms with Crippen LogP contribution in [-0.4, -0.2) is 61.4 Å². The Morgan fingerprint density at radius 2 is 1.79 bits per heavy atom. The standard InChI is InChI=1S/C9H17N3O2/c1-8(13)7-10-9(14)12-5-3-11(2)4-6-12/h3-7H2,1-2H3,(H,10,14). The third-order valence-electron chi connectivity index (χ3n) is 2.28. The molecule has 0 aliphatic carbocycles. The Morgan fingerprint density at radius 1 is 1.21 bits per heavy atom. The molecule has 0 unspecified atom stereocenters. The third-order valence-corrected chi connectivity index (χ3v) is 2.28. The molecule has 1 heterocycles. The van der Waals surface area contributed by atoms with Crippen LogP contribution in [0.3, 0.4) is 0 Å². The molecule has 0 aromatic carbocycles. The van der Waals surface area contributed by atoms with Crippen molar-refractivity contribution in [2.45, 2.75) is 6.92 Å². The van der Waals surface area contributed by atoms with E-state index >= 15 is 0 Å². The van der Waals surface area contributed by atoms with E-state index in [2.05, 4.69) is 10.2 Å². The fourth-order valence-electron chi connectivity index (χ4n) is 1.32. The second-order valence-corrected chi connectivity index (χ2v) is 3.65. The predicted molar refractivity (Wildman–Crippen MR) is 53.1 cm³/mol. The van der Waals surface area contributed by atoms with Crippen molar-refractivity contribution in [2.24, 2.45) is 0 Å². The minimum Gasteiger partial charge on any atom is -0.331 e. The van der Waals surface area contributed by atoms with Crippen LogP contribution < -0.4 is 5.32 Å². The lowest BCUT2D eigenvalue weighted by atomic mass is 10.3. The normalized spacial score (nSPS) is 18.0. The van der Waals surface area contributed by atoms with E-state index in [9.17, 15) is 9.59 Å². The maximum atomic E-state index is 11.5. The van der Waals surface area contributed by atoms with Crippen molar-refractivity contribution in [2.75, 3.05) is 39.8 Å². The fraction of sp³-hybridized carbons (Fsp3) is 0.778. The van der Waals surface area contributed by atoms with Crippen LogP contribution in [0.4, 0.5) is 4.79 Å². The van der Waals surface area contributed by atoms with Crippen molar-refractivity contribution >= 4 is 11.8 Å². The molecule has 0 aromatic rings. The molecule has 0 radical (unpaired) electrons. The number of urea groups is 1. The fourth-order valence-corrected chi connectivity index (χ4v) is 1.32. The monoisotopic (exact) mass is 199 g/mol. The van der Waals surface area contributed by atoms with Crippen LogP contribution in [-0.2, 0) is 4.79 Å². The van der Waals surface area contributed by atoms with Gasteiger partial charge in [-0.3, -0.25) is 4.79 Å². The molecule has 0 aromatic heterocycles. The van der Waals surface area contributed by atoms with Crippen LogP contribution in [0.5, 0.6) is 0 Å². The van der Waals surface area contributed by atoms with E-state index in [1.807, 2.05) is 7.05 Å². The van der Waals surface area contributed by atoms with Gasteiger partial charge in [0.05, 0.1) is 6.54 Å². The lowest BCUT2D eigenvalue weighted by Gasteiger charge is -2.32. The van der Waals surface area contributed by atoms with Gasteiger partial charge in [0.2, 0.25) is 0 Å². The molecule has 0 saturated carbocycles. The Labute approximate surface area is 84.0 Å². The summed E-state index contributed by atoms with van der Waals surface area (Å²) in [5.41, 5.74) is 0. The van der Waals surface area contributed by atoms with Crippen molar-refractivity contribution in [3.05, 3.63) is 0 Å². The van der Waals surface area contributed by atoms with Gasteiger partial charge in [0.1, 0.15) is 5.78 Å². The van der Waals surface area contributed by atoms with Crippen LogP contribution in [0.2, 0.25) is 0 Å². The Bertz CT molecular complexity index is 222. The first kappa shape index (κ1) is 11.0. The van der Waals surface area contributed by atoms with Gasteiger partial charge in [-0.25, -0.2) is 4.79 Å². The van der Waals surface area contributed by atoms with Gasteiger partial charge in [0.25, 0.3) is 0 Å². The highest BCUT2D eigenvalue weighted by Crippen LogP contribution is 1.98. The molecule has 0 spiro atoms. The molecule has 1 rings (SSSR count). The highest BCUT2D eigenvalue weighted by molar-refractivity contribution is 5.83. The lowest BCUT2D eigenvalue weighted by Crippen LogP contribution is -2.51. The maximum absolute atomic E-state index is 11.5. The molecule has 1 N–H and O–H groups in total. The molecule has 1 saturated heterocycles. The summed E-state index contributed by atoms with van der Waals surface area (Å²) in [5.74, 6) is -0.0209. The summed E-state index contributed by atoms with van der Waals surface area (Å²) < 4.78 is 0. The number of amides is 2. The molecular formula is C9H17N3O2. The summed E-state index contributed by atoms with van der Waals surface area (Å²) in [4.78, 5) is 26.0. The summed E-state index contributed by atoms with van der Waals surface area (Å²) in [5, 5.41) is 2.59. The molecule has 1 aliphatic rings. The molecule has 0 atom stereocenters. The molecular weight excluding hydrogens is 182 g/mol. The van der Waals surface area contributed by atoms with Gasteiger partial charge in [0.15, 0.2) is 0 Å². The average Bonchev–Trinajstić information content (AvgIpc) is 2.15. The van der Waals surface area contributed by atoms with E-state index in [1.54, 1.807) is 4.90 Å². The topological polar surface area (TPSA) is 52.7 Å². The predicted octanol–water partition coefficient (Wildman–Crippen LogP) is -0.468. The molecule has 14 heavy (non-hydrogen) atoms. The van der Waals surface area contributed by atoms with Crippen molar-refractivity contribution in [1.82, 2.24) is 15.1 Å². The minimum absolute atomic E-state index is 0.0209. The average molecular weight is 199 g/mol. The molecule has 5 nitrogen and oxygen atoms in total. The first-order valence-electron chi connectivity index (χ1n) is 4.80. The SMILES string of the molecule is CC(=O)CNC(=O)N1CCN(C)CC1. The number of carbonyl (C=O) groups excluding carboxylic acids is 2. The summed E-state index contributed by atoms with van der Waals surface area (Å²) in [6, 6.07) is -0.131. The highest BCUT2D eigenvalue weighted by atomic mass is 16.2. The second-order valence-electron chi connectivity index (χ2n) is 3.65. The Kier molecular flexibility index (Phi) is 3.88. The third kappa shape index (κ3) is 3.33. The van der Waals surface area contributed by atoms with Gasteiger partial charge >= 0.3 is 6.03 Å². The number of ketones is 1. The van der Waals surface area contributed by atoms with E-state index in [4.69, 9.17) is 0 Å². The smallest absolute Gasteiger partial charge is 0.317 e. The summed E-state index contributed by atoms with van der Waals surface area (Å²) >= 11 is 0. The Hall–Kier alpha value is -1.10. The highest BCUT2D eigenvalue weighted by Gasteiger charge is 2.18. The number of likely N-dealkylation sites (N-methyl/N-ethyl adjacent to an activating group) is 1. The lowest BCUT2D eigenvalue weighted by molar-refractivity contribution is -0.116. The van der Waals surface area contributed by atoms with Crippen molar-refractivity contribution in [1.29, 1.82) is 0 Å². The largest absolute Gasteiger partial charge is 0.331 e. The number of rotatable bonds is 2. The van der Waals surface area contributed by atoms with Gasteiger partial charge in [-0.15, -0.1) is 0 Å². The zero-order valence-corrected chi connectivity index (χ0v) is 8.75. The number of carbonyl (C=O) groups is 2. The quantitative estimate of drug-likeness (QED) is 0.654. The summed E-state index contributed by atoms with van der Waals surface area (Å²) in [6.45, 7) is 4.86. The minimum atomic E-state index is -0.131. The van der Waals surface area contributed by atoms with Crippen LogP contribution in [0, 0.1) is 0 Å². The van der Waals surface area contributed by atoms with Gasteiger partial charge in [-0.2, -0.15) is 0 Å². The van der Waals surface area contributed by atoms with Crippen molar-refractivity contribution in [3.8, 4) is 0 Å². The number of Topliss-reactive ketones (excluding diaryl/α,β-unsaturated/α-hetero) is 1. The number of hydrogen-bond donors (Lipinski definition) is 1.